The van der Waals surface area contributed by atoms with Gasteiger partial charge in [-0.2, -0.15) is 37.2 Å². The van der Waals surface area contributed by atoms with Crippen LogP contribution in [-0.4, -0.2) is 295 Å². The molecule has 0 atom stereocenters. The van der Waals surface area contributed by atoms with Crippen LogP contribution in [0.3, 0.4) is 0 Å². The number of thiocarbonyl (C=S) groups is 4. The Morgan fingerprint density at radius 3 is 0.859 bits per heavy atom. The lowest BCUT2D eigenvalue weighted by atomic mass is 10.6. The van der Waals surface area contributed by atoms with Crippen LogP contribution in [0.1, 0.15) is 61.3 Å². The Labute approximate surface area is 632 Å². The van der Waals surface area contributed by atoms with Crippen molar-refractivity contribution in [3.8, 4) is 0 Å². The fourth-order valence-electron chi connectivity index (χ4n) is 0.690. The third kappa shape index (κ3) is 514. The van der Waals surface area contributed by atoms with Crippen LogP contribution in [0.2, 0.25) is 0 Å². The number of azide groups is 1. The molecular weight excluding hydrogens is 1520 g/mol. The number of carbonyl (C=O) groups excluding carboxylic acids is 3. The number of aliphatic hydroxyl groups is 1. The van der Waals surface area contributed by atoms with Crippen molar-refractivity contribution in [1.29, 1.82) is 0 Å². The summed E-state index contributed by atoms with van der Waals surface area (Å²) < 4.78 is 34.0. The molecule has 0 heterocycles. The number of aliphatic hydroxyl groups excluding tert-OH is 1. The van der Waals surface area contributed by atoms with Crippen molar-refractivity contribution in [2.75, 3.05) is 225 Å². The number of hydrogen-bond acceptors (Lipinski definition) is 29. The molecule has 24 nitrogen and oxygen atoms in total. The summed E-state index contributed by atoms with van der Waals surface area (Å²) in [5, 5.41) is 18.0. The van der Waals surface area contributed by atoms with E-state index in [1.165, 1.54) is 90.5 Å². The fourth-order valence-corrected chi connectivity index (χ4v) is 2.01. The summed E-state index contributed by atoms with van der Waals surface area (Å²) in [6.07, 6.45) is 16.3. The summed E-state index contributed by atoms with van der Waals surface area (Å²) >= 11 is 37.1. The van der Waals surface area contributed by atoms with Crippen molar-refractivity contribution >= 4 is 228 Å². The van der Waals surface area contributed by atoms with Gasteiger partial charge in [0.05, 0.1) is 29.5 Å². The largest absolute Gasteiger partial charge is 0.517 e. The molecule has 0 radical (unpaired) electrons. The van der Waals surface area contributed by atoms with Gasteiger partial charge in [-0.15, -0.1) is 19.7 Å². The monoisotopic (exact) mass is 1640 g/mol. The minimum Gasteiger partial charge on any atom is -0.517 e. The molecule has 0 aromatic rings. The highest BCUT2D eigenvalue weighted by molar-refractivity contribution is 8.76. The van der Waals surface area contributed by atoms with E-state index in [1.54, 1.807) is 120 Å². The number of carbonyl (C=O) groups is 3. The predicted molar refractivity (Wildman–Crippen MR) is 452 cm³/mol. The van der Waals surface area contributed by atoms with Crippen molar-refractivity contribution in [3.05, 3.63) is 27.4 Å². The highest BCUT2D eigenvalue weighted by atomic mass is 33.1. The predicted octanol–water partition coefficient (Wildman–Crippen LogP) is 16.5. The van der Waals surface area contributed by atoms with E-state index in [1.807, 2.05) is 83.4 Å². The molecule has 566 valence electrons. The molecule has 1 N–H and O–H groups in total. The first-order chi connectivity index (χ1) is 42.3. The summed E-state index contributed by atoms with van der Waals surface area (Å²) in [6.45, 7) is 36.2. The van der Waals surface area contributed by atoms with Crippen LogP contribution in [0.25, 0.3) is 20.8 Å². The molecule has 0 aliphatic rings. The molecule has 0 bridgehead atoms. The van der Waals surface area contributed by atoms with Gasteiger partial charge in [0.15, 0.2) is 0 Å². The first kappa shape index (κ1) is 147. The average molecular weight is 1650 g/mol. The highest BCUT2D eigenvalue weighted by Gasteiger charge is 2.00. The Morgan fingerprint density at radius 2 is 0.826 bits per heavy atom. The summed E-state index contributed by atoms with van der Waals surface area (Å²) in [7, 11) is 33.3. The average Bonchev–Trinajstić information content (AvgIpc) is 3.47. The third-order valence-electron chi connectivity index (χ3n) is 3.67. The summed E-state index contributed by atoms with van der Waals surface area (Å²) in [6, 6.07) is 0. The van der Waals surface area contributed by atoms with Gasteiger partial charge in [0.2, 0.25) is 19.7 Å². The van der Waals surface area contributed by atoms with E-state index in [4.69, 9.17) is 39.5 Å². The van der Waals surface area contributed by atoms with Crippen LogP contribution in [0.5, 0.6) is 0 Å². The number of hydrogen-bond donors (Lipinski definition) is 1. The van der Waals surface area contributed by atoms with Crippen molar-refractivity contribution in [1.82, 2.24) is 19.6 Å². The van der Waals surface area contributed by atoms with Crippen molar-refractivity contribution in [2.45, 2.75) is 61.3 Å². The number of rotatable bonds is 9. The Morgan fingerprint density at radius 1 is 0.609 bits per heavy atom. The number of nitrogens with zero attached hydrogens (tertiary/aromatic N) is 10. The van der Waals surface area contributed by atoms with Gasteiger partial charge < -0.3 is 137 Å². The van der Waals surface area contributed by atoms with Crippen LogP contribution in [0.4, 0.5) is 4.79 Å². The Hall–Kier alpha value is 0.630. The molecule has 0 aliphatic heterocycles. The van der Waals surface area contributed by atoms with Gasteiger partial charge in [0.25, 0.3) is 5.24 Å². The van der Waals surface area contributed by atoms with E-state index in [-0.39, 0.29) is 29.6 Å². The molecular formula is C51H127N10O14P4S13-3. The number of methoxy groups -OCH3 is 2. The quantitative estimate of drug-likeness (QED) is 0.0179. The smallest absolute Gasteiger partial charge is 0.331 e. The van der Waals surface area contributed by atoms with E-state index in [0.717, 1.165) is 11.4 Å². The molecule has 0 saturated carbocycles. The minimum absolute atomic E-state index is 0.0926. The van der Waals surface area contributed by atoms with Crippen molar-refractivity contribution in [3.63, 3.8) is 0 Å². The molecule has 0 saturated heterocycles. The van der Waals surface area contributed by atoms with Gasteiger partial charge >= 0.3 is 14.6 Å². The molecule has 0 rings (SSSR count). The topological polar surface area (TPSA) is 266 Å². The maximum Gasteiger partial charge on any atom is 0.331 e. The van der Waals surface area contributed by atoms with Crippen LogP contribution in [-0.2, 0) is 94.7 Å². The number of ether oxygens (including phenoxy) is 2. The van der Waals surface area contributed by atoms with E-state index in [0.29, 0.717) is 15.6 Å². The molecule has 0 aromatic heterocycles. The Bertz CT molecular complexity index is 1410. The lowest BCUT2D eigenvalue weighted by Crippen LogP contribution is -2.17. The van der Waals surface area contributed by atoms with E-state index >= 15 is 0 Å². The van der Waals surface area contributed by atoms with Crippen LogP contribution >= 0.6 is 150 Å². The minimum atomic E-state index is -1.05. The SMILES string of the molecule is C=[N+]=[N-].CC(=O)N(C)C.CC(=S)[S-].CCC.CCC.CN(C)C.CN=[N+]=[N-].CO.COC(=S)[S-].COC(C)=O.COOOOP(C)C.COP(C)C.COP(OC)OC.CP(C)C.CSC.CSC(=O)N(C)C.CSC(=S)N(C)C.CSC(=S)[S-].CSSC.[C-]#[N+]C. The third-order valence-corrected chi connectivity index (χ3v) is 11.0. The number of esters is 1. The van der Waals surface area contributed by atoms with E-state index < -0.39 is 16.8 Å². The Kier molecular flexibility index (Phi) is 264. The summed E-state index contributed by atoms with van der Waals surface area (Å²) in [5.41, 5.74) is 14.4. The molecule has 2 amide bonds. The molecule has 0 fully saturated rings. The zero-order chi connectivity index (χ0) is 79.2. The van der Waals surface area contributed by atoms with Gasteiger partial charge in [0, 0.05) is 116 Å². The van der Waals surface area contributed by atoms with Gasteiger partial charge in [-0.1, -0.05) is 102 Å². The normalized spacial score (nSPS) is 7.53. The van der Waals surface area contributed by atoms with Crippen LogP contribution in [0, 0.1) is 6.57 Å². The first-order valence-electron chi connectivity index (χ1n) is 25.0. The zero-order valence-corrected chi connectivity index (χ0v) is 77.6. The van der Waals surface area contributed by atoms with Gasteiger partial charge in [-0.25, -0.2) is 11.5 Å². The Balaban J connectivity index is -0.0000000332. The fraction of sp³-hybridized carbons (Fsp3) is 0.824. The standard InChI is InChI=1S/C4H9NOS.C4H9NO.C4H9NS2.C3H9N.C3H9O4P.C3H9O3P.C3H6O2.C3H9OP.C3H9P.2C3H8.C2H3N.C2H4OS2.C2H4S3.C2H6S2.C2H4S2.C2H6S.CH3N3.CH2N2.CH4O/c1-5(2)4(6)7-3;1-4(6)5(2)3;1-5(2)4(6)7-3;1-4(2)3;1-4-5-6-7-8(2)3;1-4-7(5-2)6-3;1-3(4)5-2;1-4-5(2)3;1-4(2)3;3*1-3-2;1-3-2(4)5;1-5-2(3)4;1-3-4-2;1-2(3)4;1-3-2;1-3-4-2;1-3-2;1-2/h1-3H3;1-3H3;1-3H3;1-3H3;1-3H3;1-3H3;1-2H3;1-3H3;1-3H3;2*3H2,1-2H3;1H3;1H3,(H,4,5);1H3,(H,3,4);1-2H3;1H3,(H,3,4);1-2H3;1H3;1H2;2H,1H3/p-3. The highest BCUT2D eigenvalue weighted by Crippen LogP contribution is 2.35. The molecule has 92 heavy (non-hydrogen) atoms. The lowest BCUT2D eigenvalue weighted by Gasteiger charge is -2.08. The number of thioether (sulfide) groups is 4. The molecule has 0 spiro atoms. The van der Waals surface area contributed by atoms with E-state index in [9.17, 15) is 14.4 Å². The van der Waals surface area contributed by atoms with Crippen LogP contribution < -0.4 is 0 Å². The van der Waals surface area contributed by atoms with Gasteiger partial charge in [0.1, 0.15) is 4.32 Å². The van der Waals surface area contributed by atoms with Crippen LogP contribution in [0.15, 0.2) is 5.11 Å². The van der Waals surface area contributed by atoms with Crippen molar-refractivity contribution in [2.24, 2.45) is 5.11 Å². The molecule has 0 aliphatic carbocycles. The van der Waals surface area contributed by atoms with Crippen molar-refractivity contribution < 1.29 is 71.5 Å². The molecule has 0 aromatic carbocycles. The first-order valence-corrected chi connectivity index (χ1v) is 44.2. The number of amides is 2. The molecule has 41 heteroatoms. The maximum absolute atomic E-state index is 10.4. The van der Waals surface area contributed by atoms with E-state index in [2.05, 4.69) is 217 Å². The molecule has 0 unspecified atom stereocenters. The second kappa shape index (κ2) is 165. The van der Waals surface area contributed by atoms with Gasteiger partial charge in [-0.05, 0) is 127 Å². The maximum atomic E-state index is 10.4. The van der Waals surface area contributed by atoms with Gasteiger partial charge in [-0.3, -0.25) is 14.4 Å². The summed E-state index contributed by atoms with van der Waals surface area (Å²) in [4.78, 5) is 48.5. The second-order valence-corrected chi connectivity index (χ2v) is 33.2. The zero-order valence-electron chi connectivity index (χ0n) is 63.4. The summed E-state index contributed by atoms with van der Waals surface area (Å²) in [5.74, 6) is -0.153. The lowest BCUT2D eigenvalue weighted by molar-refractivity contribution is -0.600. The second-order valence-electron chi connectivity index (χ2n) is 14.7.